The van der Waals surface area contributed by atoms with E-state index in [1.54, 1.807) is 0 Å². The Hall–Kier alpha value is -1.55. The van der Waals surface area contributed by atoms with Gasteiger partial charge in [0.05, 0.1) is 23.7 Å². The normalized spacial score (nSPS) is 18.4. The van der Waals surface area contributed by atoms with Crippen molar-refractivity contribution in [2.75, 3.05) is 46.1 Å². The Bertz CT molecular complexity index is 761. The molecule has 0 unspecified atom stereocenters. The molecule has 3 rings (SSSR count). The van der Waals surface area contributed by atoms with Crippen LogP contribution in [0.4, 0.5) is 4.39 Å². The van der Waals surface area contributed by atoms with Crippen molar-refractivity contribution >= 4 is 15.9 Å². The summed E-state index contributed by atoms with van der Waals surface area (Å²) in [7, 11) is -3.78. The van der Waals surface area contributed by atoms with Crippen molar-refractivity contribution in [3.8, 4) is 0 Å². The minimum atomic E-state index is -3.78. The molecule has 1 heterocycles. The van der Waals surface area contributed by atoms with Crippen LogP contribution in [0.15, 0.2) is 23.1 Å². The summed E-state index contributed by atoms with van der Waals surface area (Å²) in [4.78, 5) is 12.2. The Morgan fingerprint density at radius 3 is 2.74 bits per heavy atom. The summed E-state index contributed by atoms with van der Waals surface area (Å²) in [6.45, 7) is 2.73. The van der Waals surface area contributed by atoms with Gasteiger partial charge < -0.3 is 14.8 Å². The number of rotatable bonds is 9. The quantitative estimate of drug-likeness (QED) is 0.634. The average molecular weight is 400 g/mol. The van der Waals surface area contributed by atoms with E-state index in [1.165, 1.54) is 23.2 Å². The molecular weight excluding hydrogens is 375 g/mol. The van der Waals surface area contributed by atoms with E-state index in [9.17, 15) is 17.6 Å². The zero-order valence-electron chi connectivity index (χ0n) is 15.2. The highest BCUT2D eigenvalue weighted by molar-refractivity contribution is 7.89. The second kappa shape index (κ2) is 9.09. The largest absolute Gasteiger partial charge is 0.381 e. The highest BCUT2D eigenvalue weighted by atomic mass is 32.2. The van der Waals surface area contributed by atoms with Crippen molar-refractivity contribution in [1.29, 1.82) is 0 Å². The molecule has 0 aromatic heterocycles. The number of benzene rings is 1. The molecule has 0 radical (unpaired) electrons. The molecule has 0 bridgehead atoms. The standard InChI is InChI=1S/C18H25FN2O5S/c19-17-5-4-15(27(23,24)21-7-10-25-11-8-21)12-16(17)18(22)20-6-1-9-26-13-14-2-3-14/h4-5,12,14H,1-3,6-11,13H2,(H,20,22). The Kier molecular flexibility index (Phi) is 6.80. The van der Waals surface area contributed by atoms with E-state index >= 15 is 0 Å². The molecule has 0 atom stereocenters. The van der Waals surface area contributed by atoms with E-state index in [2.05, 4.69) is 5.32 Å². The van der Waals surface area contributed by atoms with Crippen molar-refractivity contribution in [1.82, 2.24) is 9.62 Å². The predicted molar refractivity (Wildman–Crippen MR) is 96.5 cm³/mol. The number of halogens is 1. The van der Waals surface area contributed by atoms with Gasteiger partial charge >= 0.3 is 0 Å². The van der Waals surface area contributed by atoms with Crippen LogP contribution in [0, 0.1) is 11.7 Å². The molecule has 1 aromatic carbocycles. The van der Waals surface area contributed by atoms with Gasteiger partial charge in [-0.2, -0.15) is 4.31 Å². The first-order chi connectivity index (χ1) is 13.0. The number of carbonyl (C=O) groups excluding carboxylic acids is 1. The fourth-order valence-corrected chi connectivity index (χ4v) is 4.22. The first-order valence-electron chi connectivity index (χ1n) is 9.22. The van der Waals surface area contributed by atoms with Crippen molar-refractivity contribution < 1.29 is 27.1 Å². The summed E-state index contributed by atoms with van der Waals surface area (Å²) in [5, 5.41) is 2.61. The number of hydrogen-bond acceptors (Lipinski definition) is 5. The number of amides is 1. The lowest BCUT2D eigenvalue weighted by Crippen LogP contribution is -2.40. The Balaban J connectivity index is 1.57. The number of carbonyl (C=O) groups is 1. The lowest BCUT2D eigenvalue weighted by atomic mass is 10.2. The molecule has 2 fully saturated rings. The third-order valence-corrected chi connectivity index (χ3v) is 6.49. The van der Waals surface area contributed by atoms with E-state index in [1.807, 2.05) is 0 Å². The Morgan fingerprint density at radius 2 is 2.04 bits per heavy atom. The Labute approximate surface area is 158 Å². The number of sulfonamides is 1. The zero-order chi connectivity index (χ0) is 19.3. The first-order valence-corrected chi connectivity index (χ1v) is 10.7. The molecule has 1 saturated carbocycles. The first kappa shape index (κ1) is 20.2. The maximum absolute atomic E-state index is 14.1. The predicted octanol–water partition coefficient (Wildman–Crippen LogP) is 1.39. The molecule has 7 nitrogen and oxygen atoms in total. The third-order valence-electron chi connectivity index (χ3n) is 4.59. The maximum atomic E-state index is 14.1. The van der Waals surface area contributed by atoms with Gasteiger partial charge in [-0.3, -0.25) is 4.79 Å². The molecule has 9 heteroatoms. The van der Waals surface area contributed by atoms with Gasteiger partial charge in [-0.25, -0.2) is 12.8 Å². The van der Waals surface area contributed by atoms with Crippen LogP contribution >= 0.6 is 0 Å². The van der Waals surface area contributed by atoms with Gasteiger partial charge in [-0.05, 0) is 43.4 Å². The third kappa shape index (κ3) is 5.47. The smallest absolute Gasteiger partial charge is 0.254 e. The van der Waals surface area contributed by atoms with Gasteiger partial charge in [-0.1, -0.05) is 0 Å². The fourth-order valence-electron chi connectivity index (χ4n) is 2.78. The molecule has 27 heavy (non-hydrogen) atoms. The number of ether oxygens (including phenoxy) is 2. The Morgan fingerprint density at radius 1 is 1.30 bits per heavy atom. The molecule has 1 aliphatic carbocycles. The summed E-state index contributed by atoms with van der Waals surface area (Å²) < 4.78 is 51.3. The van der Waals surface area contributed by atoms with Crippen LogP contribution in [-0.2, 0) is 19.5 Å². The van der Waals surface area contributed by atoms with E-state index in [4.69, 9.17) is 9.47 Å². The number of nitrogens with one attached hydrogen (secondary N) is 1. The van der Waals surface area contributed by atoms with Gasteiger partial charge in [0.25, 0.3) is 5.91 Å². The molecule has 150 valence electrons. The van der Waals surface area contributed by atoms with Gasteiger partial charge in [0.2, 0.25) is 10.0 Å². The SMILES string of the molecule is O=C(NCCCOCC1CC1)c1cc(S(=O)(=O)N2CCOCC2)ccc1F. The number of nitrogens with zero attached hydrogens (tertiary/aromatic N) is 1. The molecule has 1 aromatic rings. The second-order valence-electron chi connectivity index (χ2n) is 6.79. The molecular formula is C18H25FN2O5S. The van der Waals surface area contributed by atoms with E-state index in [0.717, 1.165) is 18.7 Å². The van der Waals surface area contributed by atoms with Crippen LogP contribution in [0.1, 0.15) is 29.6 Å². The molecule has 2 aliphatic rings. The van der Waals surface area contributed by atoms with Gasteiger partial charge in [0.1, 0.15) is 5.82 Å². The summed E-state index contributed by atoms with van der Waals surface area (Å²) in [6.07, 6.45) is 3.06. The fraction of sp³-hybridized carbons (Fsp3) is 0.611. The minimum Gasteiger partial charge on any atom is -0.381 e. The van der Waals surface area contributed by atoms with Crippen molar-refractivity contribution in [3.05, 3.63) is 29.6 Å². The second-order valence-corrected chi connectivity index (χ2v) is 8.72. The molecule has 1 N–H and O–H groups in total. The van der Waals surface area contributed by atoms with Gasteiger partial charge in [-0.15, -0.1) is 0 Å². The van der Waals surface area contributed by atoms with Gasteiger partial charge in [0.15, 0.2) is 0 Å². The maximum Gasteiger partial charge on any atom is 0.254 e. The van der Waals surface area contributed by atoms with Crippen LogP contribution < -0.4 is 5.32 Å². The van der Waals surface area contributed by atoms with E-state index in [0.29, 0.717) is 38.7 Å². The van der Waals surface area contributed by atoms with Crippen molar-refractivity contribution in [2.45, 2.75) is 24.2 Å². The lowest BCUT2D eigenvalue weighted by Gasteiger charge is -2.26. The lowest BCUT2D eigenvalue weighted by molar-refractivity contribution is 0.0730. The number of morpholine rings is 1. The van der Waals surface area contributed by atoms with Crippen LogP contribution in [0.2, 0.25) is 0 Å². The van der Waals surface area contributed by atoms with Crippen LogP contribution in [0.5, 0.6) is 0 Å². The van der Waals surface area contributed by atoms with Crippen LogP contribution in [-0.4, -0.2) is 64.7 Å². The summed E-state index contributed by atoms with van der Waals surface area (Å²) in [6, 6.07) is 3.29. The molecule has 1 saturated heterocycles. The zero-order valence-corrected chi connectivity index (χ0v) is 16.0. The summed E-state index contributed by atoms with van der Waals surface area (Å²) >= 11 is 0. The van der Waals surface area contributed by atoms with E-state index < -0.39 is 21.7 Å². The van der Waals surface area contributed by atoms with Crippen LogP contribution in [0.3, 0.4) is 0 Å². The highest BCUT2D eigenvalue weighted by Crippen LogP contribution is 2.28. The van der Waals surface area contributed by atoms with Crippen LogP contribution in [0.25, 0.3) is 0 Å². The summed E-state index contributed by atoms with van der Waals surface area (Å²) in [5.41, 5.74) is -0.275. The summed E-state index contributed by atoms with van der Waals surface area (Å²) in [5.74, 6) is -0.697. The van der Waals surface area contributed by atoms with Gasteiger partial charge in [0, 0.05) is 32.8 Å². The highest BCUT2D eigenvalue weighted by Gasteiger charge is 2.28. The van der Waals surface area contributed by atoms with E-state index in [-0.39, 0.29) is 23.5 Å². The van der Waals surface area contributed by atoms with Crippen molar-refractivity contribution in [3.63, 3.8) is 0 Å². The molecule has 1 aliphatic heterocycles. The van der Waals surface area contributed by atoms with Crippen molar-refractivity contribution in [2.24, 2.45) is 5.92 Å². The number of hydrogen-bond donors (Lipinski definition) is 1. The monoisotopic (exact) mass is 400 g/mol. The molecule has 1 amide bonds. The average Bonchev–Trinajstić information content (AvgIpc) is 3.49. The topological polar surface area (TPSA) is 84.9 Å². The minimum absolute atomic E-state index is 0.0938. The molecule has 0 spiro atoms.